The Morgan fingerprint density at radius 1 is 1.50 bits per heavy atom. The van der Waals surface area contributed by atoms with Gasteiger partial charge in [-0.15, -0.1) is 0 Å². The minimum absolute atomic E-state index is 0.865. The molecule has 0 spiro atoms. The van der Waals surface area contributed by atoms with E-state index in [1.165, 1.54) is 31.3 Å². The molecule has 2 saturated heterocycles. The SMILES string of the molecule is CN1CC2CSCCN2C1. The molecule has 58 valence electrons. The van der Waals surface area contributed by atoms with Crippen molar-refractivity contribution in [2.75, 3.05) is 38.3 Å². The van der Waals surface area contributed by atoms with Gasteiger partial charge in [0, 0.05) is 30.6 Å². The van der Waals surface area contributed by atoms with E-state index in [4.69, 9.17) is 0 Å². The molecule has 2 rings (SSSR count). The maximum absolute atomic E-state index is 2.59. The monoisotopic (exact) mass is 158 g/mol. The zero-order valence-electron chi connectivity index (χ0n) is 6.42. The number of likely N-dealkylation sites (N-methyl/N-ethyl adjacent to an activating group) is 1. The lowest BCUT2D eigenvalue weighted by molar-refractivity contribution is 0.255. The largest absolute Gasteiger partial charge is 0.292 e. The summed E-state index contributed by atoms with van der Waals surface area (Å²) in [6, 6.07) is 0.865. The number of thioether (sulfide) groups is 1. The first-order chi connectivity index (χ1) is 4.86. The van der Waals surface area contributed by atoms with Crippen molar-refractivity contribution in [3.05, 3.63) is 0 Å². The lowest BCUT2D eigenvalue weighted by Crippen LogP contribution is -2.38. The van der Waals surface area contributed by atoms with E-state index in [0.29, 0.717) is 0 Å². The van der Waals surface area contributed by atoms with Gasteiger partial charge in [0.1, 0.15) is 0 Å². The molecule has 0 bridgehead atoms. The quantitative estimate of drug-likeness (QED) is 0.501. The van der Waals surface area contributed by atoms with Gasteiger partial charge in [0.25, 0.3) is 0 Å². The molecule has 0 aromatic heterocycles. The molecule has 0 aromatic rings. The lowest BCUT2D eigenvalue weighted by atomic mass is 10.3. The first-order valence-electron chi connectivity index (χ1n) is 3.86. The summed E-state index contributed by atoms with van der Waals surface area (Å²) >= 11 is 2.11. The average Bonchev–Trinajstić information content (AvgIpc) is 2.27. The van der Waals surface area contributed by atoms with Gasteiger partial charge >= 0.3 is 0 Å². The van der Waals surface area contributed by atoms with E-state index in [-0.39, 0.29) is 0 Å². The summed E-state index contributed by atoms with van der Waals surface area (Å²) in [6.45, 7) is 3.79. The molecule has 2 aliphatic rings. The number of rotatable bonds is 0. The fraction of sp³-hybridized carbons (Fsp3) is 1.00. The predicted molar refractivity (Wildman–Crippen MR) is 45.3 cm³/mol. The summed E-state index contributed by atoms with van der Waals surface area (Å²) in [5.74, 6) is 2.69. The fourth-order valence-corrected chi connectivity index (χ4v) is 2.89. The Labute approximate surface area is 66.6 Å². The predicted octanol–water partition coefficient (Wildman–Crippen LogP) is 0.307. The van der Waals surface area contributed by atoms with E-state index >= 15 is 0 Å². The molecule has 2 fully saturated rings. The Kier molecular flexibility index (Phi) is 1.89. The smallest absolute Gasteiger partial charge is 0.0507 e. The molecule has 3 heteroatoms. The van der Waals surface area contributed by atoms with E-state index in [9.17, 15) is 0 Å². The molecule has 0 aliphatic carbocycles. The first kappa shape index (κ1) is 6.95. The highest BCUT2D eigenvalue weighted by molar-refractivity contribution is 7.99. The van der Waals surface area contributed by atoms with Crippen molar-refractivity contribution < 1.29 is 0 Å². The Morgan fingerprint density at radius 3 is 3.20 bits per heavy atom. The minimum Gasteiger partial charge on any atom is -0.292 e. The van der Waals surface area contributed by atoms with Gasteiger partial charge in [-0.2, -0.15) is 11.8 Å². The van der Waals surface area contributed by atoms with Gasteiger partial charge in [-0.25, -0.2) is 0 Å². The molecular formula is C7H14N2S. The zero-order valence-corrected chi connectivity index (χ0v) is 7.23. The minimum atomic E-state index is 0.865. The van der Waals surface area contributed by atoms with Crippen molar-refractivity contribution in [1.82, 2.24) is 9.80 Å². The summed E-state index contributed by atoms with van der Waals surface area (Å²) in [4.78, 5) is 5.01. The third-order valence-electron chi connectivity index (χ3n) is 2.29. The van der Waals surface area contributed by atoms with Crippen LogP contribution in [-0.4, -0.2) is 54.2 Å². The third kappa shape index (κ3) is 1.18. The molecule has 2 aliphatic heterocycles. The molecule has 10 heavy (non-hydrogen) atoms. The highest BCUT2D eigenvalue weighted by atomic mass is 32.2. The van der Waals surface area contributed by atoms with E-state index < -0.39 is 0 Å². The van der Waals surface area contributed by atoms with E-state index in [1.54, 1.807) is 0 Å². The Balaban J connectivity index is 1.97. The third-order valence-corrected chi connectivity index (χ3v) is 3.39. The van der Waals surface area contributed by atoms with Gasteiger partial charge in [-0.3, -0.25) is 9.80 Å². The van der Waals surface area contributed by atoms with Crippen LogP contribution >= 0.6 is 11.8 Å². The van der Waals surface area contributed by atoms with E-state index in [1.807, 2.05) is 0 Å². The van der Waals surface area contributed by atoms with E-state index in [0.717, 1.165) is 6.04 Å². The van der Waals surface area contributed by atoms with Crippen LogP contribution in [0.4, 0.5) is 0 Å². The second-order valence-corrected chi connectivity index (χ2v) is 4.37. The van der Waals surface area contributed by atoms with Crippen LogP contribution in [0, 0.1) is 0 Å². The summed E-state index contributed by atoms with van der Waals surface area (Å²) in [5.41, 5.74) is 0. The van der Waals surface area contributed by atoms with Crippen molar-refractivity contribution in [2.45, 2.75) is 6.04 Å². The Bertz CT molecular complexity index is 115. The van der Waals surface area contributed by atoms with Gasteiger partial charge in [0.2, 0.25) is 0 Å². The molecule has 0 amide bonds. The van der Waals surface area contributed by atoms with Crippen molar-refractivity contribution in [1.29, 1.82) is 0 Å². The van der Waals surface area contributed by atoms with Crippen LogP contribution in [0.5, 0.6) is 0 Å². The van der Waals surface area contributed by atoms with Gasteiger partial charge in [-0.05, 0) is 7.05 Å². The lowest BCUT2D eigenvalue weighted by Gasteiger charge is -2.27. The summed E-state index contributed by atoms with van der Waals surface area (Å²) in [7, 11) is 2.21. The van der Waals surface area contributed by atoms with E-state index in [2.05, 4.69) is 28.6 Å². The van der Waals surface area contributed by atoms with Crippen LogP contribution < -0.4 is 0 Å². The van der Waals surface area contributed by atoms with Crippen LogP contribution in [0.3, 0.4) is 0 Å². The van der Waals surface area contributed by atoms with Gasteiger partial charge in [-0.1, -0.05) is 0 Å². The molecule has 1 unspecified atom stereocenters. The number of nitrogens with zero attached hydrogens (tertiary/aromatic N) is 2. The number of hydrogen-bond donors (Lipinski definition) is 0. The normalized spacial score (nSPS) is 36.3. The standard InChI is InChI=1S/C7H14N2S/c1-8-4-7-5-10-3-2-9(7)6-8/h7H,2-6H2,1H3. The van der Waals surface area contributed by atoms with Crippen molar-refractivity contribution in [3.8, 4) is 0 Å². The molecular weight excluding hydrogens is 144 g/mol. The maximum atomic E-state index is 2.59. The second-order valence-electron chi connectivity index (χ2n) is 3.22. The molecule has 2 nitrogen and oxygen atoms in total. The molecule has 1 atom stereocenters. The van der Waals surface area contributed by atoms with Gasteiger partial charge in [0.05, 0.1) is 6.67 Å². The highest BCUT2D eigenvalue weighted by Crippen LogP contribution is 2.21. The van der Waals surface area contributed by atoms with Crippen molar-refractivity contribution >= 4 is 11.8 Å². The van der Waals surface area contributed by atoms with Gasteiger partial charge < -0.3 is 0 Å². The number of hydrogen-bond acceptors (Lipinski definition) is 3. The molecule has 0 N–H and O–H groups in total. The second kappa shape index (κ2) is 2.72. The first-order valence-corrected chi connectivity index (χ1v) is 5.02. The van der Waals surface area contributed by atoms with Crippen LogP contribution in [-0.2, 0) is 0 Å². The van der Waals surface area contributed by atoms with Crippen LogP contribution in [0.15, 0.2) is 0 Å². The maximum Gasteiger partial charge on any atom is 0.0507 e. The molecule has 2 heterocycles. The highest BCUT2D eigenvalue weighted by Gasteiger charge is 2.29. The van der Waals surface area contributed by atoms with Crippen molar-refractivity contribution in [3.63, 3.8) is 0 Å². The topological polar surface area (TPSA) is 6.48 Å². The van der Waals surface area contributed by atoms with Crippen molar-refractivity contribution in [2.24, 2.45) is 0 Å². The van der Waals surface area contributed by atoms with Gasteiger partial charge in [0.15, 0.2) is 0 Å². The Morgan fingerprint density at radius 2 is 2.40 bits per heavy atom. The molecule has 0 radical (unpaired) electrons. The van der Waals surface area contributed by atoms with Crippen LogP contribution in [0.25, 0.3) is 0 Å². The fourth-order valence-electron chi connectivity index (χ4n) is 1.77. The summed E-state index contributed by atoms with van der Waals surface area (Å²) < 4.78 is 0. The zero-order chi connectivity index (χ0) is 6.97. The Hall–Kier alpha value is 0.270. The van der Waals surface area contributed by atoms with Crippen LogP contribution in [0.1, 0.15) is 0 Å². The molecule has 0 aromatic carbocycles. The summed E-state index contributed by atoms with van der Waals surface area (Å²) in [5, 5.41) is 0. The average molecular weight is 158 g/mol. The van der Waals surface area contributed by atoms with Crippen LogP contribution in [0.2, 0.25) is 0 Å². The number of fused-ring (bicyclic) bond motifs is 1. The molecule has 0 saturated carbocycles. The summed E-state index contributed by atoms with van der Waals surface area (Å²) in [6.07, 6.45) is 0.